The van der Waals surface area contributed by atoms with Crippen LogP contribution in [0.1, 0.15) is 29.3 Å². The fraction of sp³-hybridized carbons (Fsp3) is 0.208. The van der Waals surface area contributed by atoms with Crippen molar-refractivity contribution in [1.29, 1.82) is 0 Å². The molecule has 1 aromatic heterocycles. The van der Waals surface area contributed by atoms with Crippen LogP contribution in [0.3, 0.4) is 0 Å². The molecule has 3 rings (SSSR count). The van der Waals surface area contributed by atoms with Gasteiger partial charge in [0.05, 0.1) is 23.2 Å². The second-order valence-corrected chi connectivity index (χ2v) is 9.83. The number of carbonyl (C=O) groups is 2. The molecule has 0 saturated heterocycles. The molecule has 2 aromatic carbocycles. The highest BCUT2D eigenvalue weighted by atomic mass is 35.5. The number of hydrogen-bond acceptors (Lipinski definition) is 5. The number of rotatable bonds is 9. The molecule has 0 aliphatic carbocycles. The van der Waals surface area contributed by atoms with Crippen molar-refractivity contribution in [2.45, 2.75) is 25.9 Å². The number of nitrogens with one attached hydrogen (secondary N) is 2. The van der Waals surface area contributed by atoms with Crippen LogP contribution in [-0.4, -0.2) is 37.5 Å². The Morgan fingerprint density at radius 1 is 1.06 bits per heavy atom. The number of para-hydroxylation sites is 1. The minimum atomic E-state index is -3.80. The predicted molar refractivity (Wildman–Crippen MR) is 133 cm³/mol. The molecule has 3 aromatic rings. The number of aromatic nitrogens is 1. The van der Waals surface area contributed by atoms with E-state index in [4.69, 9.17) is 11.6 Å². The highest BCUT2D eigenvalue weighted by molar-refractivity contribution is 7.92. The van der Waals surface area contributed by atoms with Crippen molar-refractivity contribution >= 4 is 44.8 Å². The number of benzene rings is 2. The summed E-state index contributed by atoms with van der Waals surface area (Å²) in [5, 5.41) is 5.98. The molecule has 0 aliphatic heterocycles. The Morgan fingerprint density at radius 2 is 1.76 bits per heavy atom. The van der Waals surface area contributed by atoms with Gasteiger partial charge in [0.25, 0.3) is 5.91 Å². The van der Waals surface area contributed by atoms with Crippen LogP contribution in [0.25, 0.3) is 0 Å². The van der Waals surface area contributed by atoms with Crippen LogP contribution < -0.4 is 14.9 Å². The first-order valence-electron chi connectivity index (χ1n) is 10.5. The lowest BCUT2D eigenvalue weighted by Gasteiger charge is -2.30. The van der Waals surface area contributed by atoms with E-state index in [1.54, 1.807) is 73.9 Å². The SMILES string of the molecule is CC[C@@H](C(=O)Nc1ccccc1C(=O)NCc1cccnc1)N(c1ccc(Cl)cc1)S(C)(=O)=O. The van der Waals surface area contributed by atoms with Crippen LogP contribution in [0.2, 0.25) is 5.02 Å². The molecule has 0 aliphatic rings. The first kappa shape index (κ1) is 25.2. The highest BCUT2D eigenvalue weighted by Gasteiger charge is 2.32. The maximum absolute atomic E-state index is 13.2. The Bertz CT molecular complexity index is 1250. The maximum atomic E-state index is 13.2. The highest BCUT2D eigenvalue weighted by Crippen LogP contribution is 2.25. The van der Waals surface area contributed by atoms with Gasteiger partial charge in [-0.1, -0.05) is 36.7 Å². The van der Waals surface area contributed by atoms with E-state index in [9.17, 15) is 18.0 Å². The zero-order chi connectivity index (χ0) is 24.7. The fourth-order valence-electron chi connectivity index (χ4n) is 3.43. The lowest BCUT2D eigenvalue weighted by atomic mass is 10.1. The Kier molecular flexibility index (Phi) is 8.25. The third-order valence-corrected chi connectivity index (χ3v) is 6.45. The molecular weight excluding hydrogens is 476 g/mol. The largest absolute Gasteiger partial charge is 0.348 e. The number of nitrogens with zero attached hydrogens (tertiary/aromatic N) is 2. The van der Waals surface area contributed by atoms with Crippen molar-refractivity contribution in [2.24, 2.45) is 0 Å². The summed E-state index contributed by atoms with van der Waals surface area (Å²) in [6.07, 6.45) is 4.54. The van der Waals surface area contributed by atoms with Crippen molar-refractivity contribution in [2.75, 3.05) is 15.9 Å². The van der Waals surface area contributed by atoms with E-state index in [0.29, 0.717) is 10.7 Å². The van der Waals surface area contributed by atoms with E-state index >= 15 is 0 Å². The van der Waals surface area contributed by atoms with Crippen molar-refractivity contribution in [3.63, 3.8) is 0 Å². The number of halogens is 1. The number of anilines is 2. The van der Waals surface area contributed by atoms with Crippen molar-refractivity contribution < 1.29 is 18.0 Å². The van der Waals surface area contributed by atoms with Gasteiger partial charge < -0.3 is 10.6 Å². The number of sulfonamides is 1. The molecule has 178 valence electrons. The van der Waals surface area contributed by atoms with Gasteiger partial charge in [-0.2, -0.15) is 0 Å². The van der Waals surface area contributed by atoms with Crippen LogP contribution >= 0.6 is 11.6 Å². The summed E-state index contributed by atoms with van der Waals surface area (Å²) in [5.74, 6) is -0.944. The fourth-order valence-corrected chi connectivity index (χ4v) is 4.77. The summed E-state index contributed by atoms with van der Waals surface area (Å²) >= 11 is 5.94. The molecule has 0 saturated carbocycles. The van der Waals surface area contributed by atoms with E-state index in [2.05, 4.69) is 15.6 Å². The van der Waals surface area contributed by atoms with Crippen LogP contribution in [-0.2, 0) is 21.4 Å². The van der Waals surface area contributed by atoms with Gasteiger partial charge in [0.15, 0.2) is 0 Å². The van der Waals surface area contributed by atoms with E-state index in [-0.39, 0.29) is 30.1 Å². The predicted octanol–water partition coefficient (Wildman–Crippen LogP) is 3.85. The van der Waals surface area contributed by atoms with Crippen molar-refractivity contribution in [3.8, 4) is 0 Å². The molecule has 0 unspecified atom stereocenters. The van der Waals surface area contributed by atoms with Gasteiger partial charge in [0.1, 0.15) is 6.04 Å². The topological polar surface area (TPSA) is 108 Å². The Morgan fingerprint density at radius 3 is 2.38 bits per heavy atom. The van der Waals surface area contributed by atoms with Crippen molar-refractivity contribution in [1.82, 2.24) is 10.3 Å². The van der Waals surface area contributed by atoms with Gasteiger partial charge >= 0.3 is 0 Å². The first-order chi connectivity index (χ1) is 16.2. The van der Waals surface area contributed by atoms with E-state index < -0.39 is 22.0 Å². The standard InChI is InChI=1S/C24H25ClN4O4S/c1-3-22(29(34(2,32)33)19-12-10-18(25)11-13-19)24(31)28-21-9-5-4-8-20(21)23(30)27-16-17-7-6-14-26-15-17/h4-15,22H,3,16H2,1-2H3,(H,27,30)(H,28,31)/t22-/m0/s1. The van der Waals surface area contributed by atoms with Gasteiger partial charge in [0.2, 0.25) is 15.9 Å². The van der Waals surface area contributed by atoms with Crippen LogP contribution in [0, 0.1) is 0 Å². The summed E-state index contributed by atoms with van der Waals surface area (Å²) in [6.45, 7) is 1.98. The summed E-state index contributed by atoms with van der Waals surface area (Å²) in [4.78, 5) is 30.1. The van der Waals surface area contributed by atoms with Crippen LogP contribution in [0.15, 0.2) is 73.1 Å². The summed E-state index contributed by atoms with van der Waals surface area (Å²) in [5.41, 5.74) is 1.68. The molecule has 2 amide bonds. The van der Waals surface area contributed by atoms with Crippen molar-refractivity contribution in [3.05, 3.63) is 89.2 Å². The van der Waals surface area contributed by atoms with E-state index in [0.717, 1.165) is 16.1 Å². The number of amides is 2. The summed E-state index contributed by atoms with van der Waals surface area (Å²) in [6, 6.07) is 15.3. The van der Waals surface area contributed by atoms with E-state index in [1.165, 1.54) is 0 Å². The summed E-state index contributed by atoms with van der Waals surface area (Å²) < 4.78 is 26.3. The monoisotopic (exact) mass is 500 g/mol. The molecular formula is C24H25ClN4O4S. The average Bonchev–Trinajstić information content (AvgIpc) is 2.82. The van der Waals surface area contributed by atoms with E-state index in [1.807, 2.05) is 6.07 Å². The lowest BCUT2D eigenvalue weighted by molar-refractivity contribution is -0.117. The second kappa shape index (κ2) is 11.1. The summed E-state index contributed by atoms with van der Waals surface area (Å²) in [7, 11) is -3.80. The van der Waals surface area contributed by atoms with Gasteiger partial charge in [-0.05, 0) is 54.4 Å². The Labute approximate surface area is 204 Å². The van der Waals surface area contributed by atoms with Gasteiger partial charge in [-0.15, -0.1) is 0 Å². The van der Waals surface area contributed by atoms with Gasteiger partial charge in [-0.3, -0.25) is 18.9 Å². The number of carbonyl (C=O) groups excluding carboxylic acids is 2. The number of hydrogen-bond donors (Lipinski definition) is 2. The molecule has 8 nitrogen and oxygen atoms in total. The zero-order valence-corrected chi connectivity index (χ0v) is 20.3. The lowest BCUT2D eigenvalue weighted by Crippen LogP contribution is -2.47. The molecule has 0 radical (unpaired) electrons. The average molecular weight is 501 g/mol. The Hall–Kier alpha value is -3.43. The number of pyridine rings is 1. The Balaban J connectivity index is 1.83. The third-order valence-electron chi connectivity index (χ3n) is 5.02. The minimum Gasteiger partial charge on any atom is -0.348 e. The molecule has 34 heavy (non-hydrogen) atoms. The molecule has 0 fully saturated rings. The minimum absolute atomic E-state index is 0.205. The zero-order valence-electron chi connectivity index (χ0n) is 18.7. The van der Waals surface area contributed by atoms with Crippen LogP contribution in [0.5, 0.6) is 0 Å². The molecule has 10 heteroatoms. The first-order valence-corrected chi connectivity index (χ1v) is 12.7. The second-order valence-electron chi connectivity index (χ2n) is 7.54. The quantitative estimate of drug-likeness (QED) is 0.464. The smallest absolute Gasteiger partial charge is 0.253 e. The van der Waals surface area contributed by atoms with Gasteiger partial charge in [0, 0.05) is 24.0 Å². The van der Waals surface area contributed by atoms with Gasteiger partial charge in [-0.25, -0.2) is 8.42 Å². The maximum Gasteiger partial charge on any atom is 0.253 e. The third kappa shape index (κ3) is 6.33. The molecule has 0 spiro atoms. The normalized spacial score (nSPS) is 12.0. The molecule has 0 bridgehead atoms. The molecule has 1 heterocycles. The molecule has 1 atom stereocenters. The van der Waals surface area contributed by atoms with Crippen LogP contribution in [0.4, 0.5) is 11.4 Å². The molecule has 2 N–H and O–H groups in total.